The molecule has 0 N–H and O–H groups in total. The molecule has 0 aliphatic rings. The molecule has 174 valence electrons. The SMILES string of the molecule is CCCCN(CCCC)C(=O)CCc1nc2cc(S(=O)(=O)N(CC)CC)ccc2n1C. The highest BCUT2D eigenvalue weighted by Gasteiger charge is 2.23. The number of carbonyl (C=O) groups is 1. The number of imidazole rings is 1. The fourth-order valence-electron chi connectivity index (χ4n) is 3.76. The second-order valence-electron chi connectivity index (χ2n) is 7.91. The molecule has 7 nitrogen and oxygen atoms in total. The smallest absolute Gasteiger partial charge is 0.243 e. The van der Waals surface area contributed by atoms with E-state index in [1.165, 1.54) is 4.31 Å². The minimum absolute atomic E-state index is 0.166. The zero-order chi connectivity index (χ0) is 23.0. The molecule has 0 aliphatic heterocycles. The summed E-state index contributed by atoms with van der Waals surface area (Å²) in [6, 6.07) is 5.09. The van der Waals surface area contributed by atoms with Gasteiger partial charge in [0.2, 0.25) is 15.9 Å². The molecule has 0 atom stereocenters. The molecule has 8 heteroatoms. The van der Waals surface area contributed by atoms with Gasteiger partial charge in [-0.25, -0.2) is 13.4 Å². The number of carbonyl (C=O) groups excluding carboxylic acids is 1. The highest BCUT2D eigenvalue weighted by Crippen LogP contribution is 2.23. The maximum Gasteiger partial charge on any atom is 0.243 e. The van der Waals surface area contributed by atoms with Crippen molar-refractivity contribution in [1.29, 1.82) is 0 Å². The number of aromatic nitrogens is 2. The number of rotatable bonds is 13. The summed E-state index contributed by atoms with van der Waals surface area (Å²) in [5.41, 5.74) is 1.52. The Morgan fingerprint density at radius 1 is 1.03 bits per heavy atom. The van der Waals surface area contributed by atoms with Crippen LogP contribution in [0.4, 0.5) is 0 Å². The van der Waals surface area contributed by atoms with E-state index in [2.05, 4.69) is 18.8 Å². The minimum Gasteiger partial charge on any atom is -0.343 e. The standard InChI is InChI=1S/C23H38N4O3S/c1-6-10-16-26(17-11-7-2)23(28)15-14-22-24-20-18-19(12-13-21(20)25(22)5)31(29,30)27(8-3)9-4/h12-13,18H,6-11,14-17H2,1-5H3. The van der Waals surface area contributed by atoms with Gasteiger partial charge in [-0.1, -0.05) is 40.5 Å². The molecule has 0 spiro atoms. The van der Waals surface area contributed by atoms with E-state index in [0.29, 0.717) is 31.4 Å². The van der Waals surface area contributed by atoms with Gasteiger partial charge in [0.1, 0.15) is 5.82 Å². The number of nitrogens with zero attached hydrogens (tertiary/aromatic N) is 4. The summed E-state index contributed by atoms with van der Waals surface area (Å²) in [6.07, 6.45) is 5.13. The molecule has 2 rings (SSSR count). The van der Waals surface area contributed by atoms with Crippen LogP contribution in [0.3, 0.4) is 0 Å². The van der Waals surface area contributed by atoms with Crippen molar-refractivity contribution in [2.24, 2.45) is 7.05 Å². The van der Waals surface area contributed by atoms with E-state index in [1.807, 2.05) is 30.4 Å². The number of hydrogen-bond acceptors (Lipinski definition) is 4. The Labute approximate surface area is 187 Å². The number of sulfonamides is 1. The topological polar surface area (TPSA) is 75.5 Å². The van der Waals surface area contributed by atoms with E-state index in [0.717, 1.165) is 50.1 Å². The number of amides is 1. The Kier molecular flexibility index (Phi) is 9.50. The second kappa shape index (κ2) is 11.6. The van der Waals surface area contributed by atoms with Crippen molar-refractivity contribution in [2.75, 3.05) is 26.2 Å². The summed E-state index contributed by atoms with van der Waals surface area (Å²) in [4.78, 5) is 19.7. The van der Waals surface area contributed by atoms with Gasteiger partial charge in [-0.3, -0.25) is 4.79 Å². The lowest BCUT2D eigenvalue weighted by Gasteiger charge is -2.22. The lowest BCUT2D eigenvalue weighted by molar-refractivity contribution is -0.131. The van der Waals surface area contributed by atoms with Crippen molar-refractivity contribution >= 4 is 27.0 Å². The van der Waals surface area contributed by atoms with Gasteiger partial charge in [0.15, 0.2) is 0 Å². The Morgan fingerprint density at radius 3 is 2.19 bits per heavy atom. The molecule has 0 radical (unpaired) electrons. The summed E-state index contributed by atoms with van der Waals surface area (Å²) in [5.74, 6) is 0.963. The van der Waals surface area contributed by atoms with Gasteiger partial charge in [0.25, 0.3) is 0 Å². The molecule has 0 fully saturated rings. The molecule has 1 aromatic carbocycles. The molecule has 2 aromatic rings. The Bertz CT molecular complexity index is 957. The van der Waals surface area contributed by atoms with Gasteiger partial charge in [-0.15, -0.1) is 0 Å². The van der Waals surface area contributed by atoms with Gasteiger partial charge < -0.3 is 9.47 Å². The van der Waals surface area contributed by atoms with Crippen molar-refractivity contribution in [1.82, 2.24) is 18.8 Å². The largest absolute Gasteiger partial charge is 0.343 e. The monoisotopic (exact) mass is 450 g/mol. The van der Waals surface area contributed by atoms with E-state index in [4.69, 9.17) is 0 Å². The summed E-state index contributed by atoms with van der Waals surface area (Å²) in [5, 5.41) is 0. The molecular formula is C23H38N4O3S. The lowest BCUT2D eigenvalue weighted by atomic mass is 10.2. The van der Waals surface area contributed by atoms with E-state index >= 15 is 0 Å². The first-order chi connectivity index (χ1) is 14.8. The van der Waals surface area contributed by atoms with E-state index in [9.17, 15) is 13.2 Å². The highest BCUT2D eigenvalue weighted by atomic mass is 32.2. The van der Waals surface area contributed by atoms with Crippen LogP contribution in [-0.4, -0.2) is 59.3 Å². The fourth-order valence-corrected chi connectivity index (χ4v) is 5.24. The third kappa shape index (κ3) is 6.07. The molecule has 1 aromatic heterocycles. The first-order valence-electron chi connectivity index (χ1n) is 11.5. The minimum atomic E-state index is -3.53. The quantitative estimate of drug-likeness (QED) is 0.463. The molecule has 0 bridgehead atoms. The van der Waals surface area contributed by atoms with Crippen molar-refractivity contribution in [3.8, 4) is 0 Å². The first kappa shape index (κ1) is 25.3. The van der Waals surface area contributed by atoms with E-state index in [1.54, 1.807) is 18.2 Å². The van der Waals surface area contributed by atoms with Gasteiger partial charge in [0, 0.05) is 46.1 Å². The number of unbranched alkanes of at least 4 members (excludes halogenated alkanes) is 2. The van der Waals surface area contributed by atoms with Crippen LogP contribution >= 0.6 is 0 Å². The maximum atomic E-state index is 12.8. The summed E-state index contributed by atoms with van der Waals surface area (Å²) < 4.78 is 29.1. The van der Waals surface area contributed by atoms with Crippen molar-refractivity contribution in [2.45, 2.75) is 71.1 Å². The van der Waals surface area contributed by atoms with Crippen LogP contribution in [0.2, 0.25) is 0 Å². The van der Waals surface area contributed by atoms with Gasteiger partial charge >= 0.3 is 0 Å². The van der Waals surface area contributed by atoms with Crippen molar-refractivity contribution in [3.63, 3.8) is 0 Å². The normalized spacial score (nSPS) is 12.1. The zero-order valence-electron chi connectivity index (χ0n) is 19.7. The van der Waals surface area contributed by atoms with Crippen LogP contribution in [0, 0.1) is 0 Å². The molecule has 0 saturated heterocycles. The van der Waals surface area contributed by atoms with E-state index in [-0.39, 0.29) is 10.8 Å². The van der Waals surface area contributed by atoms with Crippen LogP contribution in [0.5, 0.6) is 0 Å². The zero-order valence-corrected chi connectivity index (χ0v) is 20.5. The fraction of sp³-hybridized carbons (Fsp3) is 0.652. The van der Waals surface area contributed by atoms with Crippen LogP contribution in [0.25, 0.3) is 11.0 Å². The third-order valence-corrected chi connectivity index (χ3v) is 7.81. The van der Waals surface area contributed by atoms with Crippen molar-refractivity contribution in [3.05, 3.63) is 24.0 Å². The van der Waals surface area contributed by atoms with Crippen molar-refractivity contribution < 1.29 is 13.2 Å². The highest BCUT2D eigenvalue weighted by molar-refractivity contribution is 7.89. The average Bonchev–Trinajstić information content (AvgIpc) is 3.07. The number of hydrogen-bond donors (Lipinski definition) is 0. The molecule has 0 unspecified atom stereocenters. The van der Waals surface area contributed by atoms with Gasteiger partial charge in [0.05, 0.1) is 15.9 Å². The Morgan fingerprint density at radius 2 is 1.65 bits per heavy atom. The third-order valence-electron chi connectivity index (χ3n) is 5.77. The summed E-state index contributed by atoms with van der Waals surface area (Å²) in [6.45, 7) is 10.4. The number of aryl methyl sites for hydroxylation is 2. The Balaban J connectivity index is 2.20. The summed E-state index contributed by atoms with van der Waals surface area (Å²) >= 11 is 0. The van der Waals surface area contributed by atoms with Crippen LogP contribution in [-0.2, 0) is 28.3 Å². The van der Waals surface area contributed by atoms with Gasteiger partial charge in [-0.05, 0) is 31.0 Å². The molecular weight excluding hydrogens is 412 g/mol. The van der Waals surface area contributed by atoms with Crippen LogP contribution in [0.15, 0.2) is 23.1 Å². The molecule has 1 heterocycles. The second-order valence-corrected chi connectivity index (χ2v) is 9.85. The Hall–Kier alpha value is -1.93. The predicted molar refractivity (Wildman–Crippen MR) is 126 cm³/mol. The van der Waals surface area contributed by atoms with Gasteiger partial charge in [-0.2, -0.15) is 4.31 Å². The first-order valence-corrected chi connectivity index (χ1v) is 13.0. The number of benzene rings is 1. The van der Waals surface area contributed by atoms with E-state index < -0.39 is 10.0 Å². The van der Waals surface area contributed by atoms with Crippen LogP contribution < -0.4 is 0 Å². The number of fused-ring (bicyclic) bond motifs is 1. The summed E-state index contributed by atoms with van der Waals surface area (Å²) in [7, 11) is -1.61. The average molecular weight is 451 g/mol. The molecule has 31 heavy (non-hydrogen) atoms. The molecule has 1 amide bonds. The molecule has 0 aliphatic carbocycles. The van der Waals surface area contributed by atoms with Crippen LogP contribution in [0.1, 0.15) is 65.6 Å². The maximum absolute atomic E-state index is 12.8. The predicted octanol–water partition coefficient (Wildman–Crippen LogP) is 3.97. The molecule has 0 saturated carbocycles. The lowest BCUT2D eigenvalue weighted by Crippen LogP contribution is -2.33.